The van der Waals surface area contributed by atoms with Gasteiger partial charge in [0.05, 0.1) is 4.90 Å². The third-order valence-corrected chi connectivity index (χ3v) is 6.57. The van der Waals surface area contributed by atoms with E-state index >= 15 is 0 Å². The molecule has 3 nitrogen and oxygen atoms in total. The lowest BCUT2D eigenvalue weighted by atomic mass is 10.0. The molecule has 0 atom stereocenters. The summed E-state index contributed by atoms with van der Waals surface area (Å²) >= 11 is 0. The third kappa shape index (κ3) is 2.88. The van der Waals surface area contributed by atoms with Gasteiger partial charge in [-0.05, 0) is 92.5 Å². The lowest BCUT2D eigenvalue weighted by Crippen LogP contribution is -2.17. The molecule has 2 aromatic rings. The van der Waals surface area contributed by atoms with Crippen LogP contribution in [0.25, 0.3) is 0 Å². The Kier molecular flexibility index (Phi) is 3.96. The fourth-order valence-electron chi connectivity index (χ4n) is 3.43. The van der Waals surface area contributed by atoms with Gasteiger partial charge in [-0.3, -0.25) is 4.72 Å². The van der Waals surface area contributed by atoms with E-state index in [1.807, 2.05) is 52.0 Å². The van der Waals surface area contributed by atoms with Crippen LogP contribution in [0.15, 0.2) is 29.2 Å². The molecule has 2 aromatic carbocycles. The Labute approximate surface area is 138 Å². The second kappa shape index (κ2) is 5.68. The van der Waals surface area contributed by atoms with Crippen molar-refractivity contribution in [1.29, 1.82) is 0 Å². The summed E-state index contributed by atoms with van der Waals surface area (Å²) in [5, 5.41) is 0. The highest BCUT2D eigenvalue weighted by Gasteiger charge is 2.22. The van der Waals surface area contributed by atoms with Crippen molar-refractivity contribution in [2.75, 3.05) is 4.72 Å². The lowest BCUT2D eigenvalue weighted by Gasteiger charge is -2.17. The molecular weight excluding hydrogens is 306 g/mol. The van der Waals surface area contributed by atoms with Crippen LogP contribution in [0.3, 0.4) is 0 Å². The summed E-state index contributed by atoms with van der Waals surface area (Å²) in [5.74, 6) is 0. The quantitative estimate of drug-likeness (QED) is 0.917. The van der Waals surface area contributed by atoms with Gasteiger partial charge >= 0.3 is 0 Å². The molecule has 0 unspecified atom stereocenters. The average Bonchev–Trinajstić information content (AvgIpc) is 2.92. The second-order valence-corrected chi connectivity index (χ2v) is 8.15. The van der Waals surface area contributed by atoms with Crippen LogP contribution < -0.4 is 4.72 Å². The zero-order valence-corrected chi connectivity index (χ0v) is 15.0. The van der Waals surface area contributed by atoms with E-state index in [0.717, 1.165) is 41.5 Å². The van der Waals surface area contributed by atoms with Crippen LogP contribution in [-0.4, -0.2) is 8.42 Å². The van der Waals surface area contributed by atoms with Crippen molar-refractivity contribution in [3.8, 4) is 0 Å². The zero-order valence-electron chi connectivity index (χ0n) is 14.2. The number of hydrogen-bond donors (Lipinski definition) is 1. The maximum absolute atomic E-state index is 12.9. The maximum atomic E-state index is 12.9. The van der Waals surface area contributed by atoms with Gasteiger partial charge in [0.25, 0.3) is 10.0 Å². The van der Waals surface area contributed by atoms with Gasteiger partial charge in [0.2, 0.25) is 0 Å². The summed E-state index contributed by atoms with van der Waals surface area (Å²) in [6, 6.07) is 7.93. The lowest BCUT2D eigenvalue weighted by molar-refractivity contribution is 0.599. The second-order valence-electron chi connectivity index (χ2n) is 6.53. The molecular formula is C19H23NO2S. The van der Waals surface area contributed by atoms with E-state index in [2.05, 4.69) is 4.72 Å². The smallest absolute Gasteiger partial charge is 0.262 e. The van der Waals surface area contributed by atoms with E-state index in [-0.39, 0.29) is 0 Å². The number of aryl methyl sites for hydroxylation is 4. The summed E-state index contributed by atoms with van der Waals surface area (Å²) in [5.41, 5.74) is 6.91. The normalized spacial score (nSPS) is 13.9. The summed E-state index contributed by atoms with van der Waals surface area (Å²) in [6.07, 6.45) is 3.28. The summed E-state index contributed by atoms with van der Waals surface area (Å²) < 4.78 is 28.6. The van der Waals surface area contributed by atoms with E-state index in [9.17, 15) is 8.42 Å². The Morgan fingerprint density at radius 3 is 2.13 bits per heavy atom. The van der Waals surface area contributed by atoms with Gasteiger partial charge in [-0.25, -0.2) is 8.42 Å². The molecule has 23 heavy (non-hydrogen) atoms. The van der Waals surface area contributed by atoms with E-state index in [1.165, 1.54) is 11.1 Å². The molecule has 122 valence electrons. The molecule has 0 saturated carbocycles. The topological polar surface area (TPSA) is 46.2 Å². The molecule has 0 fully saturated rings. The van der Waals surface area contributed by atoms with Gasteiger partial charge in [0.15, 0.2) is 0 Å². The number of nitrogens with one attached hydrogen (secondary N) is 1. The Morgan fingerprint density at radius 2 is 1.48 bits per heavy atom. The fraction of sp³-hybridized carbons (Fsp3) is 0.368. The largest absolute Gasteiger partial charge is 0.280 e. The maximum Gasteiger partial charge on any atom is 0.262 e. The zero-order chi connectivity index (χ0) is 16.8. The number of hydrogen-bond acceptors (Lipinski definition) is 2. The number of fused-ring (bicyclic) bond motifs is 1. The predicted octanol–water partition coefficient (Wildman–Crippen LogP) is 4.21. The van der Waals surface area contributed by atoms with Crippen LogP contribution in [0, 0.1) is 27.7 Å². The first kappa shape index (κ1) is 16.1. The van der Waals surface area contributed by atoms with Crippen molar-refractivity contribution >= 4 is 15.7 Å². The summed E-state index contributed by atoms with van der Waals surface area (Å²) in [6.45, 7) is 7.66. The highest BCUT2D eigenvalue weighted by molar-refractivity contribution is 7.92. The number of rotatable bonds is 3. The van der Waals surface area contributed by atoms with Crippen LogP contribution in [0.2, 0.25) is 0 Å². The van der Waals surface area contributed by atoms with E-state index in [4.69, 9.17) is 0 Å². The molecule has 1 aliphatic carbocycles. The van der Waals surface area contributed by atoms with Crippen molar-refractivity contribution < 1.29 is 8.42 Å². The minimum atomic E-state index is -3.59. The molecule has 4 heteroatoms. The average molecular weight is 329 g/mol. The first-order valence-electron chi connectivity index (χ1n) is 8.01. The van der Waals surface area contributed by atoms with E-state index in [0.29, 0.717) is 10.6 Å². The molecule has 0 radical (unpaired) electrons. The molecule has 0 amide bonds. The minimum absolute atomic E-state index is 0.412. The molecule has 0 saturated heterocycles. The summed E-state index contributed by atoms with van der Waals surface area (Å²) in [4.78, 5) is 0.412. The summed E-state index contributed by atoms with van der Waals surface area (Å²) in [7, 11) is -3.59. The Balaban J connectivity index is 2.03. The van der Waals surface area contributed by atoms with Crippen molar-refractivity contribution in [1.82, 2.24) is 0 Å². The van der Waals surface area contributed by atoms with Gasteiger partial charge in [-0.1, -0.05) is 12.1 Å². The molecule has 0 heterocycles. The molecule has 0 aliphatic heterocycles. The van der Waals surface area contributed by atoms with Crippen LogP contribution in [0.5, 0.6) is 0 Å². The molecule has 1 N–H and O–H groups in total. The third-order valence-electron chi connectivity index (χ3n) is 4.92. The fourth-order valence-corrected chi connectivity index (χ4v) is 5.09. The Bertz CT molecular complexity index is 856. The minimum Gasteiger partial charge on any atom is -0.280 e. The highest BCUT2D eigenvalue weighted by atomic mass is 32.2. The van der Waals surface area contributed by atoms with E-state index < -0.39 is 10.0 Å². The van der Waals surface area contributed by atoms with Gasteiger partial charge < -0.3 is 0 Å². The standard InChI is InChI=1S/C19H23NO2S/c1-12-10-13(2)15(4)19(14(12)3)23(21,22)20-18-9-8-16-6-5-7-17(16)11-18/h8-11,20H,5-7H2,1-4H3. The molecule has 0 bridgehead atoms. The SMILES string of the molecule is Cc1cc(C)c(C)c(S(=O)(=O)Nc2ccc3c(c2)CCC3)c1C. The number of anilines is 1. The molecule has 0 aromatic heterocycles. The van der Waals surface area contributed by atoms with Crippen LogP contribution in [-0.2, 0) is 22.9 Å². The number of sulfonamides is 1. The van der Waals surface area contributed by atoms with Crippen LogP contribution >= 0.6 is 0 Å². The first-order valence-corrected chi connectivity index (χ1v) is 9.50. The van der Waals surface area contributed by atoms with Gasteiger partial charge in [0, 0.05) is 5.69 Å². The van der Waals surface area contributed by atoms with Crippen molar-refractivity contribution in [2.24, 2.45) is 0 Å². The molecule has 0 spiro atoms. The van der Waals surface area contributed by atoms with Crippen LogP contribution in [0.1, 0.15) is 39.8 Å². The van der Waals surface area contributed by atoms with Crippen LogP contribution in [0.4, 0.5) is 5.69 Å². The van der Waals surface area contributed by atoms with Gasteiger partial charge in [-0.2, -0.15) is 0 Å². The predicted molar refractivity (Wildman–Crippen MR) is 94.7 cm³/mol. The monoisotopic (exact) mass is 329 g/mol. The van der Waals surface area contributed by atoms with Crippen molar-refractivity contribution in [3.05, 3.63) is 57.6 Å². The van der Waals surface area contributed by atoms with E-state index in [1.54, 1.807) is 0 Å². The Morgan fingerprint density at radius 1 is 0.870 bits per heavy atom. The van der Waals surface area contributed by atoms with Gasteiger partial charge in [0.1, 0.15) is 0 Å². The van der Waals surface area contributed by atoms with Crippen molar-refractivity contribution in [2.45, 2.75) is 51.9 Å². The Hall–Kier alpha value is -1.81. The first-order chi connectivity index (χ1) is 10.8. The number of benzene rings is 2. The van der Waals surface area contributed by atoms with Gasteiger partial charge in [-0.15, -0.1) is 0 Å². The molecule has 3 rings (SSSR count). The van der Waals surface area contributed by atoms with Crippen molar-refractivity contribution in [3.63, 3.8) is 0 Å². The highest BCUT2D eigenvalue weighted by Crippen LogP contribution is 2.30. The molecule has 1 aliphatic rings.